The Labute approximate surface area is 95.5 Å². The zero-order chi connectivity index (χ0) is 11.7. The number of carboxylic acid groups (broad SMARTS) is 1. The van der Waals surface area contributed by atoms with Crippen LogP contribution in [0.3, 0.4) is 0 Å². The third-order valence-corrected chi connectivity index (χ3v) is 2.36. The number of carboxylic acids is 1. The molecule has 2 aromatic rings. The summed E-state index contributed by atoms with van der Waals surface area (Å²) in [6, 6.07) is 1.36. The highest BCUT2D eigenvalue weighted by Gasteiger charge is 2.15. The molecule has 0 radical (unpaired) electrons. The first-order valence-corrected chi connectivity index (χ1v) is 4.74. The van der Waals surface area contributed by atoms with E-state index in [4.69, 9.17) is 16.7 Å². The van der Waals surface area contributed by atoms with Crippen molar-refractivity contribution in [3.05, 3.63) is 34.7 Å². The Morgan fingerprint density at radius 1 is 1.56 bits per heavy atom. The molecule has 0 bridgehead atoms. The molecular weight excluding hydrogens is 232 g/mol. The molecule has 0 aliphatic heterocycles. The lowest BCUT2D eigenvalue weighted by molar-refractivity contribution is 0.0696. The average molecular weight is 239 g/mol. The van der Waals surface area contributed by atoms with Crippen LogP contribution in [-0.4, -0.2) is 31.1 Å². The van der Waals surface area contributed by atoms with Gasteiger partial charge >= 0.3 is 5.97 Å². The summed E-state index contributed by atoms with van der Waals surface area (Å²) in [7, 11) is 0. The van der Waals surface area contributed by atoms with Crippen molar-refractivity contribution in [1.29, 1.82) is 0 Å². The van der Waals surface area contributed by atoms with Crippen LogP contribution in [0.1, 0.15) is 16.1 Å². The molecule has 2 rings (SSSR count). The van der Waals surface area contributed by atoms with E-state index in [9.17, 15) is 4.79 Å². The molecule has 1 N–H and O–H groups in total. The summed E-state index contributed by atoms with van der Waals surface area (Å²) in [4.78, 5) is 10.9. The molecule has 16 heavy (non-hydrogen) atoms. The molecule has 82 valence electrons. The molecule has 0 spiro atoms. The summed E-state index contributed by atoms with van der Waals surface area (Å²) in [6.07, 6.45) is 2.80. The van der Waals surface area contributed by atoms with Crippen LogP contribution in [-0.2, 0) is 0 Å². The second-order valence-corrected chi connectivity index (χ2v) is 3.49. The third-order valence-electron chi connectivity index (χ3n) is 1.99. The monoisotopic (exact) mass is 238 g/mol. The number of halogens is 1. The molecule has 0 fully saturated rings. The molecule has 2 aromatic heterocycles. The maximum Gasteiger partial charge on any atom is 0.339 e. The normalized spacial score (nSPS) is 10.4. The van der Waals surface area contributed by atoms with Gasteiger partial charge in [-0.1, -0.05) is 11.6 Å². The van der Waals surface area contributed by atoms with Gasteiger partial charge in [-0.2, -0.15) is 10.2 Å². The molecule has 0 aromatic carbocycles. The lowest BCUT2D eigenvalue weighted by atomic mass is 10.3. The summed E-state index contributed by atoms with van der Waals surface area (Å²) in [6.45, 7) is 1.72. The van der Waals surface area contributed by atoms with Gasteiger partial charge in [0.1, 0.15) is 5.56 Å². The first-order chi connectivity index (χ1) is 7.59. The number of rotatable bonds is 2. The molecular formula is C9H7ClN4O2. The number of aryl methyl sites for hydroxylation is 1. The minimum Gasteiger partial charge on any atom is -0.478 e. The highest BCUT2D eigenvalue weighted by atomic mass is 35.5. The maximum absolute atomic E-state index is 10.9. The Kier molecular flexibility index (Phi) is 2.57. The van der Waals surface area contributed by atoms with E-state index in [1.165, 1.54) is 23.1 Å². The Morgan fingerprint density at radius 2 is 2.31 bits per heavy atom. The summed E-state index contributed by atoms with van der Waals surface area (Å²) < 4.78 is 1.30. The second-order valence-electron chi connectivity index (χ2n) is 3.08. The van der Waals surface area contributed by atoms with Crippen LogP contribution in [0.4, 0.5) is 0 Å². The van der Waals surface area contributed by atoms with Crippen LogP contribution in [0.25, 0.3) is 5.82 Å². The van der Waals surface area contributed by atoms with Crippen LogP contribution in [0, 0.1) is 6.92 Å². The summed E-state index contributed by atoms with van der Waals surface area (Å²) in [5, 5.41) is 20.8. The number of hydrogen-bond donors (Lipinski definition) is 1. The van der Waals surface area contributed by atoms with Crippen LogP contribution in [0.2, 0.25) is 5.02 Å². The minimum atomic E-state index is -1.09. The molecule has 2 heterocycles. The zero-order valence-corrected chi connectivity index (χ0v) is 9.01. The predicted molar refractivity (Wildman–Crippen MR) is 55.9 cm³/mol. The average Bonchev–Trinajstić information content (AvgIpc) is 2.59. The van der Waals surface area contributed by atoms with Gasteiger partial charge < -0.3 is 5.11 Å². The third kappa shape index (κ3) is 1.74. The Morgan fingerprint density at radius 3 is 2.88 bits per heavy atom. The number of aromatic carboxylic acids is 1. The quantitative estimate of drug-likeness (QED) is 0.853. The van der Waals surface area contributed by atoms with E-state index < -0.39 is 5.97 Å². The zero-order valence-electron chi connectivity index (χ0n) is 8.25. The van der Waals surface area contributed by atoms with Crippen molar-refractivity contribution in [2.75, 3.05) is 0 Å². The van der Waals surface area contributed by atoms with Crippen molar-refractivity contribution in [2.45, 2.75) is 6.92 Å². The molecule has 0 saturated carbocycles. The van der Waals surface area contributed by atoms with Gasteiger partial charge in [-0.05, 0) is 13.0 Å². The Bertz CT molecular complexity index is 533. The highest BCUT2D eigenvalue weighted by molar-refractivity contribution is 6.31. The van der Waals surface area contributed by atoms with Gasteiger partial charge in [-0.3, -0.25) is 0 Å². The summed E-state index contributed by atoms with van der Waals surface area (Å²) in [5.74, 6) is -0.945. The molecule has 6 nitrogen and oxygen atoms in total. The SMILES string of the molecule is Cc1nn(-c2nnccc2C(=O)O)cc1Cl. The standard InChI is InChI=1S/C9H7ClN4O2/c1-5-7(10)4-14(13-5)8-6(9(15)16)2-3-11-12-8/h2-4H,1H3,(H,15,16). The lowest BCUT2D eigenvalue weighted by Gasteiger charge is -2.02. The van der Waals surface area contributed by atoms with Crippen LogP contribution in [0.15, 0.2) is 18.5 Å². The van der Waals surface area contributed by atoms with Crippen molar-refractivity contribution in [3.63, 3.8) is 0 Å². The van der Waals surface area contributed by atoms with Crippen molar-refractivity contribution in [1.82, 2.24) is 20.0 Å². The molecule has 0 unspecified atom stereocenters. The molecule has 0 amide bonds. The van der Waals surface area contributed by atoms with Crippen LogP contribution >= 0.6 is 11.6 Å². The number of carbonyl (C=O) groups is 1. The topological polar surface area (TPSA) is 80.9 Å². The van der Waals surface area contributed by atoms with E-state index in [0.29, 0.717) is 10.7 Å². The molecule has 0 aliphatic rings. The van der Waals surface area contributed by atoms with Crippen molar-refractivity contribution >= 4 is 17.6 Å². The van der Waals surface area contributed by atoms with Gasteiger partial charge in [0.05, 0.1) is 23.1 Å². The fourth-order valence-electron chi connectivity index (χ4n) is 1.21. The van der Waals surface area contributed by atoms with Gasteiger partial charge in [0.15, 0.2) is 5.82 Å². The van der Waals surface area contributed by atoms with Crippen molar-refractivity contribution in [2.24, 2.45) is 0 Å². The van der Waals surface area contributed by atoms with E-state index in [2.05, 4.69) is 15.3 Å². The molecule has 0 saturated heterocycles. The van der Waals surface area contributed by atoms with E-state index in [0.717, 1.165) is 0 Å². The Balaban J connectivity index is 2.59. The first-order valence-electron chi connectivity index (χ1n) is 4.36. The van der Waals surface area contributed by atoms with Gasteiger partial charge in [-0.15, -0.1) is 5.10 Å². The van der Waals surface area contributed by atoms with Gasteiger partial charge in [0.25, 0.3) is 0 Å². The smallest absolute Gasteiger partial charge is 0.339 e. The number of aromatic nitrogens is 4. The van der Waals surface area contributed by atoms with Crippen LogP contribution in [0.5, 0.6) is 0 Å². The maximum atomic E-state index is 10.9. The van der Waals surface area contributed by atoms with Crippen LogP contribution < -0.4 is 0 Å². The predicted octanol–water partition coefficient (Wildman–Crippen LogP) is 1.32. The highest BCUT2D eigenvalue weighted by Crippen LogP contribution is 2.16. The fourth-order valence-corrected chi connectivity index (χ4v) is 1.34. The largest absolute Gasteiger partial charge is 0.478 e. The first kappa shape index (κ1) is 10.6. The van der Waals surface area contributed by atoms with Gasteiger partial charge in [-0.25, -0.2) is 9.48 Å². The van der Waals surface area contributed by atoms with Crippen molar-refractivity contribution < 1.29 is 9.90 Å². The van der Waals surface area contributed by atoms with Crippen molar-refractivity contribution in [3.8, 4) is 5.82 Å². The number of hydrogen-bond acceptors (Lipinski definition) is 4. The van der Waals surface area contributed by atoms with E-state index in [1.807, 2.05) is 0 Å². The number of nitrogens with zero attached hydrogens (tertiary/aromatic N) is 4. The van der Waals surface area contributed by atoms with Gasteiger partial charge in [0, 0.05) is 0 Å². The minimum absolute atomic E-state index is 0.0224. The summed E-state index contributed by atoms with van der Waals surface area (Å²) >= 11 is 5.83. The summed E-state index contributed by atoms with van der Waals surface area (Å²) in [5.41, 5.74) is 0.623. The Hall–Kier alpha value is -1.95. The van der Waals surface area contributed by atoms with E-state index in [-0.39, 0.29) is 11.4 Å². The molecule has 0 atom stereocenters. The second kappa shape index (κ2) is 3.90. The van der Waals surface area contributed by atoms with E-state index >= 15 is 0 Å². The fraction of sp³-hybridized carbons (Fsp3) is 0.111. The lowest BCUT2D eigenvalue weighted by Crippen LogP contribution is -2.09. The van der Waals surface area contributed by atoms with E-state index in [1.54, 1.807) is 6.92 Å². The molecule has 7 heteroatoms. The van der Waals surface area contributed by atoms with Gasteiger partial charge in [0.2, 0.25) is 0 Å². The molecule has 0 aliphatic carbocycles.